The highest BCUT2D eigenvalue weighted by atomic mass is 32.2. The van der Waals surface area contributed by atoms with E-state index in [-0.39, 0.29) is 23.3 Å². The topological polar surface area (TPSA) is 95.8 Å². The fourth-order valence-corrected chi connectivity index (χ4v) is 5.57. The Morgan fingerprint density at radius 2 is 1.90 bits per heavy atom. The average molecular weight is 417 g/mol. The summed E-state index contributed by atoms with van der Waals surface area (Å²) in [7, 11) is -1.98. The highest BCUT2D eigenvalue weighted by Gasteiger charge is 2.42. The van der Waals surface area contributed by atoms with Crippen molar-refractivity contribution in [3.8, 4) is 0 Å². The minimum absolute atomic E-state index is 0.0660. The van der Waals surface area contributed by atoms with E-state index in [1.54, 1.807) is 47.2 Å². The Hall–Kier alpha value is -2.72. The Kier molecular flexibility index (Phi) is 5.13. The van der Waals surface area contributed by atoms with Crippen LogP contribution in [0.4, 0.5) is 5.69 Å². The van der Waals surface area contributed by atoms with Crippen molar-refractivity contribution in [1.29, 1.82) is 0 Å². The molecule has 3 heterocycles. The summed E-state index contributed by atoms with van der Waals surface area (Å²) in [4.78, 5) is 29.0. The van der Waals surface area contributed by atoms with E-state index < -0.39 is 16.1 Å². The highest BCUT2D eigenvalue weighted by Crippen LogP contribution is 2.28. The Bertz CT molecular complexity index is 1020. The van der Waals surface area contributed by atoms with E-state index in [1.807, 2.05) is 0 Å². The second-order valence-corrected chi connectivity index (χ2v) is 9.15. The van der Waals surface area contributed by atoms with Gasteiger partial charge < -0.3 is 9.80 Å². The average Bonchev–Trinajstić information content (AvgIpc) is 3.37. The number of aryl methyl sites for hydroxylation is 1. The lowest BCUT2D eigenvalue weighted by Gasteiger charge is -2.36. The van der Waals surface area contributed by atoms with Gasteiger partial charge in [0.15, 0.2) is 0 Å². The summed E-state index contributed by atoms with van der Waals surface area (Å²) in [6.45, 7) is 0.949. The molecule has 0 bridgehead atoms. The van der Waals surface area contributed by atoms with Crippen LogP contribution in [0.15, 0.2) is 47.6 Å². The molecular weight excluding hydrogens is 394 g/mol. The molecule has 0 spiro atoms. The van der Waals surface area contributed by atoms with Crippen molar-refractivity contribution in [1.82, 2.24) is 19.0 Å². The first-order chi connectivity index (χ1) is 13.9. The minimum Gasteiger partial charge on any atom is -0.330 e. The lowest BCUT2D eigenvalue weighted by Crippen LogP contribution is -2.56. The second kappa shape index (κ2) is 7.60. The SMILES string of the molecule is Cn1cc(N2CCN(C(=O)C3CCCN3S(=O)(=O)c3ccccc3)CC2=O)cn1. The van der Waals surface area contributed by atoms with Crippen LogP contribution in [-0.2, 0) is 26.7 Å². The minimum atomic E-state index is -3.76. The van der Waals surface area contributed by atoms with Crippen molar-refractivity contribution in [3.05, 3.63) is 42.7 Å². The number of amides is 2. The number of aromatic nitrogens is 2. The molecule has 0 N–H and O–H groups in total. The van der Waals surface area contributed by atoms with E-state index in [2.05, 4.69) is 5.10 Å². The largest absolute Gasteiger partial charge is 0.330 e. The van der Waals surface area contributed by atoms with Crippen LogP contribution in [0.2, 0.25) is 0 Å². The van der Waals surface area contributed by atoms with Gasteiger partial charge in [0.25, 0.3) is 0 Å². The maximum atomic E-state index is 13.1. The number of nitrogens with zero attached hydrogens (tertiary/aromatic N) is 5. The molecule has 154 valence electrons. The van der Waals surface area contributed by atoms with Gasteiger partial charge >= 0.3 is 0 Å². The van der Waals surface area contributed by atoms with Crippen molar-refractivity contribution in [2.45, 2.75) is 23.8 Å². The van der Waals surface area contributed by atoms with Crippen molar-refractivity contribution in [2.24, 2.45) is 7.05 Å². The van der Waals surface area contributed by atoms with Crippen LogP contribution in [0.3, 0.4) is 0 Å². The van der Waals surface area contributed by atoms with Crippen LogP contribution in [-0.4, -0.2) is 71.4 Å². The molecule has 10 heteroatoms. The summed E-state index contributed by atoms with van der Waals surface area (Å²) < 4.78 is 28.9. The van der Waals surface area contributed by atoms with Crippen LogP contribution in [0.1, 0.15) is 12.8 Å². The maximum Gasteiger partial charge on any atom is 0.246 e. The van der Waals surface area contributed by atoms with E-state index in [0.717, 1.165) is 0 Å². The molecular formula is C19H23N5O4S. The molecule has 0 saturated carbocycles. The first kappa shape index (κ1) is 19.6. The van der Waals surface area contributed by atoms with E-state index in [0.29, 0.717) is 38.2 Å². The summed E-state index contributed by atoms with van der Waals surface area (Å²) in [6, 6.07) is 7.38. The summed E-state index contributed by atoms with van der Waals surface area (Å²) in [5.41, 5.74) is 0.693. The molecule has 0 aliphatic carbocycles. The third kappa shape index (κ3) is 3.65. The number of rotatable bonds is 4. The predicted octanol–water partition coefficient (Wildman–Crippen LogP) is 0.449. The standard InChI is InChI=1S/C19H23N5O4S/c1-21-13-15(12-20-21)23-11-10-22(14-18(23)25)19(26)17-8-5-9-24(17)29(27,28)16-6-3-2-4-7-16/h2-4,6-7,12-13,17H,5,8-11,14H2,1H3. The van der Waals surface area contributed by atoms with Gasteiger partial charge in [-0.15, -0.1) is 0 Å². The van der Waals surface area contributed by atoms with Crippen molar-refractivity contribution in [3.63, 3.8) is 0 Å². The maximum absolute atomic E-state index is 13.1. The first-order valence-corrected chi connectivity index (χ1v) is 11.0. The van der Waals surface area contributed by atoms with Gasteiger partial charge in [-0.3, -0.25) is 14.3 Å². The van der Waals surface area contributed by atoms with Gasteiger partial charge in [0.05, 0.1) is 16.8 Å². The third-order valence-electron chi connectivity index (χ3n) is 5.37. The summed E-state index contributed by atoms with van der Waals surface area (Å²) in [5, 5.41) is 4.08. The van der Waals surface area contributed by atoms with Crippen LogP contribution in [0, 0.1) is 0 Å². The van der Waals surface area contributed by atoms with Crippen molar-refractivity contribution in [2.75, 3.05) is 31.1 Å². The zero-order valence-electron chi connectivity index (χ0n) is 16.1. The Morgan fingerprint density at radius 3 is 2.55 bits per heavy atom. The molecule has 4 rings (SSSR count). The molecule has 0 radical (unpaired) electrons. The fourth-order valence-electron chi connectivity index (χ4n) is 3.90. The van der Waals surface area contributed by atoms with Gasteiger partial charge in [-0.05, 0) is 25.0 Å². The van der Waals surface area contributed by atoms with Crippen molar-refractivity contribution >= 4 is 27.5 Å². The molecule has 1 aromatic carbocycles. The third-order valence-corrected chi connectivity index (χ3v) is 7.30. The zero-order chi connectivity index (χ0) is 20.6. The molecule has 2 fully saturated rings. The quantitative estimate of drug-likeness (QED) is 0.720. The number of piperazine rings is 1. The van der Waals surface area contributed by atoms with Crippen LogP contribution >= 0.6 is 0 Å². The Morgan fingerprint density at radius 1 is 1.14 bits per heavy atom. The predicted molar refractivity (Wildman–Crippen MR) is 105 cm³/mol. The Balaban J connectivity index is 1.49. The molecule has 2 aliphatic heterocycles. The number of carbonyl (C=O) groups is 2. The zero-order valence-corrected chi connectivity index (χ0v) is 17.0. The molecule has 1 aromatic heterocycles. The number of hydrogen-bond donors (Lipinski definition) is 0. The normalized spacial score (nSPS) is 21.0. The molecule has 2 aromatic rings. The number of benzene rings is 1. The Labute approximate surface area is 169 Å². The number of anilines is 1. The fraction of sp³-hybridized carbons (Fsp3) is 0.421. The van der Waals surface area contributed by atoms with Crippen LogP contribution < -0.4 is 4.90 Å². The number of carbonyl (C=O) groups excluding carboxylic acids is 2. The monoisotopic (exact) mass is 417 g/mol. The molecule has 2 amide bonds. The number of sulfonamides is 1. The highest BCUT2D eigenvalue weighted by molar-refractivity contribution is 7.89. The lowest BCUT2D eigenvalue weighted by molar-refractivity contribution is -0.139. The van der Waals surface area contributed by atoms with Gasteiger partial charge in [-0.2, -0.15) is 9.40 Å². The van der Waals surface area contributed by atoms with Gasteiger partial charge in [0.2, 0.25) is 21.8 Å². The number of hydrogen-bond acceptors (Lipinski definition) is 5. The lowest BCUT2D eigenvalue weighted by atomic mass is 10.2. The van der Waals surface area contributed by atoms with E-state index in [1.165, 1.54) is 21.3 Å². The van der Waals surface area contributed by atoms with Gasteiger partial charge in [-0.25, -0.2) is 8.42 Å². The van der Waals surface area contributed by atoms with E-state index in [4.69, 9.17) is 0 Å². The van der Waals surface area contributed by atoms with Crippen LogP contribution in [0.25, 0.3) is 0 Å². The second-order valence-electron chi connectivity index (χ2n) is 7.26. The van der Waals surface area contributed by atoms with E-state index in [9.17, 15) is 18.0 Å². The molecule has 1 atom stereocenters. The molecule has 1 unspecified atom stereocenters. The molecule has 29 heavy (non-hydrogen) atoms. The first-order valence-electron chi connectivity index (χ1n) is 9.52. The molecule has 9 nitrogen and oxygen atoms in total. The smallest absolute Gasteiger partial charge is 0.246 e. The van der Waals surface area contributed by atoms with Gasteiger partial charge in [-0.1, -0.05) is 18.2 Å². The molecule has 2 aliphatic rings. The van der Waals surface area contributed by atoms with Gasteiger partial charge in [0, 0.05) is 32.9 Å². The summed E-state index contributed by atoms with van der Waals surface area (Å²) in [5.74, 6) is -0.505. The molecule has 2 saturated heterocycles. The van der Waals surface area contributed by atoms with Crippen molar-refractivity contribution < 1.29 is 18.0 Å². The van der Waals surface area contributed by atoms with Gasteiger partial charge in [0.1, 0.15) is 12.6 Å². The van der Waals surface area contributed by atoms with Crippen LogP contribution in [0.5, 0.6) is 0 Å². The summed E-state index contributed by atoms with van der Waals surface area (Å²) in [6.07, 6.45) is 4.44. The summed E-state index contributed by atoms with van der Waals surface area (Å²) >= 11 is 0. The van der Waals surface area contributed by atoms with E-state index >= 15 is 0 Å².